The van der Waals surface area contributed by atoms with E-state index >= 15 is 0 Å². The topological polar surface area (TPSA) is 57.7 Å². The summed E-state index contributed by atoms with van der Waals surface area (Å²) in [6.45, 7) is 1.44. The molecule has 1 saturated carbocycles. The van der Waals surface area contributed by atoms with Gasteiger partial charge in [0.2, 0.25) is 11.8 Å². The first kappa shape index (κ1) is 15.6. The first-order chi connectivity index (χ1) is 11.0. The molecule has 2 fully saturated rings. The molecular weight excluding hydrogens is 299 g/mol. The summed E-state index contributed by atoms with van der Waals surface area (Å²) in [6.07, 6.45) is 3.80. The molecule has 1 unspecified atom stereocenters. The third-order valence-electron chi connectivity index (χ3n) is 4.63. The zero-order chi connectivity index (χ0) is 16.6. The smallest absolute Gasteiger partial charge is 0.257 e. The summed E-state index contributed by atoms with van der Waals surface area (Å²) in [4.78, 5) is 39.7. The molecule has 0 radical (unpaired) electrons. The summed E-state index contributed by atoms with van der Waals surface area (Å²) in [7, 11) is 0. The van der Waals surface area contributed by atoms with Gasteiger partial charge >= 0.3 is 0 Å². The summed E-state index contributed by atoms with van der Waals surface area (Å²) >= 11 is 0. The second-order valence-electron chi connectivity index (χ2n) is 6.13. The fourth-order valence-corrected chi connectivity index (χ4v) is 3.61. The van der Waals surface area contributed by atoms with Gasteiger partial charge in [-0.05, 0) is 37.1 Å². The lowest BCUT2D eigenvalue weighted by Gasteiger charge is -2.32. The fraction of sp³-hybridized carbons (Fsp3) is 0.471. The van der Waals surface area contributed by atoms with Crippen LogP contribution >= 0.6 is 0 Å². The van der Waals surface area contributed by atoms with Crippen molar-refractivity contribution in [3.8, 4) is 0 Å². The van der Waals surface area contributed by atoms with Crippen LogP contribution in [0.4, 0.5) is 10.1 Å². The molecule has 122 valence electrons. The third-order valence-corrected chi connectivity index (χ3v) is 4.63. The van der Waals surface area contributed by atoms with E-state index in [9.17, 15) is 18.8 Å². The van der Waals surface area contributed by atoms with E-state index in [0.29, 0.717) is 5.69 Å². The number of nitrogens with zero attached hydrogens (tertiary/aromatic N) is 2. The minimum absolute atomic E-state index is 0.00765. The van der Waals surface area contributed by atoms with Gasteiger partial charge in [-0.25, -0.2) is 9.29 Å². The third kappa shape index (κ3) is 2.85. The number of carbonyl (C=O) groups is 3. The first-order valence-electron chi connectivity index (χ1n) is 7.90. The Morgan fingerprint density at radius 2 is 1.78 bits per heavy atom. The average Bonchev–Trinajstić information content (AvgIpc) is 3.11. The van der Waals surface area contributed by atoms with Crippen molar-refractivity contribution in [3.05, 3.63) is 30.1 Å². The van der Waals surface area contributed by atoms with Crippen molar-refractivity contribution in [3.63, 3.8) is 0 Å². The van der Waals surface area contributed by atoms with E-state index in [1.54, 1.807) is 4.90 Å². The summed E-state index contributed by atoms with van der Waals surface area (Å²) in [5, 5.41) is 0. The molecule has 1 aliphatic heterocycles. The predicted octanol–water partition coefficient (Wildman–Crippen LogP) is 2.25. The maximum Gasteiger partial charge on any atom is 0.257 e. The first-order valence-corrected chi connectivity index (χ1v) is 7.90. The van der Waals surface area contributed by atoms with Crippen molar-refractivity contribution in [2.75, 3.05) is 4.90 Å². The molecule has 6 heteroatoms. The quantitative estimate of drug-likeness (QED) is 0.803. The lowest BCUT2D eigenvalue weighted by atomic mass is 10.1. The number of carbonyl (C=O) groups excluding carboxylic acids is 3. The molecule has 2 aliphatic rings. The summed E-state index contributed by atoms with van der Waals surface area (Å²) in [5.74, 6) is -1.36. The zero-order valence-electron chi connectivity index (χ0n) is 13.0. The van der Waals surface area contributed by atoms with Crippen molar-refractivity contribution in [1.82, 2.24) is 4.90 Å². The molecule has 0 N–H and O–H groups in total. The van der Waals surface area contributed by atoms with Crippen LogP contribution in [0.2, 0.25) is 0 Å². The number of imide groups is 1. The van der Waals surface area contributed by atoms with E-state index in [1.807, 2.05) is 0 Å². The van der Waals surface area contributed by atoms with E-state index < -0.39 is 17.8 Å². The van der Waals surface area contributed by atoms with Crippen molar-refractivity contribution in [2.45, 2.75) is 51.1 Å². The molecule has 3 rings (SSSR count). The summed E-state index contributed by atoms with van der Waals surface area (Å²) in [6, 6.07) is 4.52. The molecule has 1 heterocycles. The van der Waals surface area contributed by atoms with Gasteiger partial charge in [0.25, 0.3) is 5.91 Å². The number of hydrogen-bond acceptors (Lipinski definition) is 3. The highest BCUT2D eigenvalue weighted by Gasteiger charge is 2.46. The number of rotatable bonds is 3. The van der Waals surface area contributed by atoms with Crippen LogP contribution in [0.25, 0.3) is 0 Å². The lowest BCUT2D eigenvalue weighted by Crippen LogP contribution is -2.49. The zero-order valence-corrected chi connectivity index (χ0v) is 13.0. The maximum absolute atomic E-state index is 13.0. The Hall–Kier alpha value is -2.24. The monoisotopic (exact) mass is 318 g/mol. The lowest BCUT2D eigenvalue weighted by molar-refractivity contribution is -0.139. The van der Waals surface area contributed by atoms with Crippen LogP contribution in [0, 0.1) is 5.82 Å². The Labute approximate surface area is 134 Å². The largest absolute Gasteiger partial charge is 0.327 e. The molecule has 3 amide bonds. The Kier molecular flexibility index (Phi) is 4.15. The Morgan fingerprint density at radius 1 is 1.17 bits per heavy atom. The second-order valence-corrected chi connectivity index (χ2v) is 6.13. The molecular formula is C17H19FN2O3. The van der Waals surface area contributed by atoms with Crippen LogP contribution < -0.4 is 4.90 Å². The predicted molar refractivity (Wildman–Crippen MR) is 82.1 cm³/mol. The Balaban J connectivity index is 1.87. The van der Waals surface area contributed by atoms with Gasteiger partial charge in [-0.1, -0.05) is 12.8 Å². The van der Waals surface area contributed by atoms with Crippen LogP contribution in [-0.2, 0) is 14.4 Å². The van der Waals surface area contributed by atoms with Crippen molar-refractivity contribution in [2.24, 2.45) is 0 Å². The highest BCUT2D eigenvalue weighted by Crippen LogP contribution is 2.31. The molecule has 1 atom stereocenters. The average molecular weight is 318 g/mol. The number of halogens is 1. The highest BCUT2D eigenvalue weighted by molar-refractivity contribution is 6.23. The highest BCUT2D eigenvalue weighted by atomic mass is 19.1. The Morgan fingerprint density at radius 3 is 2.35 bits per heavy atom. The van der Waals surface area contributed by atoms with Gasteiger partial charge in [-0.3, -0.25) is 14.4 Å². The van der Waals surface area contributed by atoms with Crippen molar-refractivity contribution < 1.29 is 18.8 Å². The van der Waals surface area contributed by atoms with Crippen LogP contribution in [0.15, 0.2) is 24.3 Å². The van der Waals surface area contributed by atoms with Crippen molar-refractivity contribution in [1.29, 1.82) is 0 Å². The van der Waals surface area contributed by atoms with E-state index in [0.717, 1.165) is 30.6 Å². The molecule has 0 bridgehead atoms. The van der Waals surface area contributed by atoms with Gasteiger partial charge in [-0.2, -0.15) is 0 Å². The van der Waals surface area contributed by atoms with E-state index in [2.05, 4.69) is 0 Å². The SMILES string of the molecule is CC(=O)N(C1CCCC1)C1CC(=O)N(c2ccc(F)cc2)C1=O. The summed E-state index contributed by atoms with van der Waals surface area (Å²) in [5.41, 5.74) is 0.346. The molecule has 1 aliphatic carbocycles. The van der Waals surface area contributed by atoms with Gasteiger partial charge in [0, 0.05) is 13.0 Å². The molecule has 0 aromatic heterocycles. The van der Waals surface area contributed by atoms with E-state index in [4.69, 9.17) is 0 Å². The molecule has 0 spiro atoms. The molecule has 5 nitrogen and oxygen atoms in total. The standard InChI is InChI=1S/C17H19FN2O3/c1-11(21)19(13-4-2-3-5-13)15-10-16(22)20(17(15)23)14-8-6-12(18)7-9-14/h6-9,13,15H,2-5,10H2,1H3. The van der Waals surface area contributed by atoms with Gasteiger partial charge in [0.1, 0.15) is 11.9 Å². The fourth-order valence-electron chi connectivity index (χ4n) is 3.61. The van der Waals surface area contributed by atoms with E-state index in [1.165, 1.54) is 31.2 Å². The number of anilines is 1. The maximum atomic E-state index is 13.0. The number of hydrogen-bond donors (Lipinski definition) is 0. The minimum atomic E-state index is -0.742. The van der Waals surface area contributed by atoms with Crippen LogP contribution in [0.5, 0.6) is 0 Å². The molecule has 1 aromatic rings. The second kappa shape index (κ2) is 6.10. The van der Waals surface area contributed by atoms with Gasteiger partial charge < -0.3 is 4.90 Å². The van der Waals surface area contributed by atoms with Gasteiger partial charge in [-0.15, -0.1) is 0 Å². The van der Waals surface area contributed by atoms with E-state index in [-0.39, 0.29) is 24.3 Å². The van der Waals surface area contributed by atoms with Gasteiger partial charge in [0.05, 0.1) is 12.1 Å². The number of amides is 3. The van der Waals surface area contributed by atoms with Crippen LogP contribution in [-0.4, -0.2) is 34.7 Å². The Bertz CT molecular complexity index is 638. The van der Waals surface area contributed by atoms with Crippen LogP contribution in [0.3, 0.4) is 0 Å². The molecule has 1 aromatic carbocycles. The molecule has 23 heavy (non-hydrogen) atoms. The normalized spacial score (nSPS) is 22.0. The van der Waals surface area contributed by atoms with Crippen LogP contribution in [0.1, 0.15) is 39.0 Å². The minimum Gasteiger partial charge on any atom is -0.327 e. The summed E-state index contributed by atoms with van der Waals surface area (Å²) < 4.78 is 13.0. The number of benzene rings is 1. The van der Waals surface area contributed by atoms with Crippen molar-refractivity contribution >= 4 is 23.4 Å². The van der Waals surface area contributed by atoms with Gasteiger partial charge in [0.15, 0.2) is 0 Å². The molecule has 1 saturated heterocycles.